The molecule has 0 aliphatic carbocycles. The molecule has 0 bridgehead atoms. The maximum absolute atomic E-state index is 12.0. The minimum Gasteiger partial charge on any atom is -0.357 e. The van der Waals surface area contributed by atoms with Gasteiger partial charge in [-0.15, -0.1) is 0 Å². The summed E-state index contributed by atoms with van der Waals surface area (Å²) in [7, 11) is 0. The van der Waals surface area contributed by atoms with Crippen molar-refractivity contribution in [3.05, 3.63) is 71.3 Å². The van der Waals surface area contributed by atoms with Crippen LogP contribution >= 0.6 is 0 Å². The van der Waals surface area contributed by atoms with Crippen LogP contribution in [0.3, 0.4) is 0 Å². The van der Waals surface area contributed by atoms with E-state index in [2.05, 4.69) is 40.0 Å². The second-order valence-electron chi connectivity index (χ2n) is 5.74. The molecule has 0 atom stereocenters. The summed E-state index contributed by atoms with van der Waals surface area (Å²) in [6.45, 7) is 6.10. The van der Waals surface area contributed by atoms with Crippen molar-refractivity contribution in [2.45, 2.75) is 26.9 Å². The lowest BCUT2D eigenvalue weighted by atomic mass is 10.1. The second kappa shape index (κ2) is 10.1. The first-order valence-electron chi connectivity index (χ1n) is 8.56. The fourth-order valence-electron chi connectivity index (χ4n) is 2.32. The Hall–Kier alpha value is -2.82. The molecule has 3 N–H and O–H groups in total. The van der Waals surface area contributed by atoms with Crippen molar-refractivity contribution >= 4 is 11.9 Å². The number of aryl methyl sites for hydroxylation is 1. The molecule has 0 saturated carbocycles. The van der Waals surface area contributed by atoms with Gasteiger partial charge in [0, 0.05) is 13.1 Å². The van der Waals surface area contributed by atoms with Crippen LogP contribution < -0.4 is 16.0 Å². The maximum atomic E-state index is 12.0. The van der Waals surface area contributed by atoms with Gasteiger partial charge in [0.1, 0.15) is 0 Å². The molecule has 0 aliphatic rings. The number of amides is 1. The summed E-state index contributed by atoms with van der Waals surface area (Å²) in [6.07, 6.45) is 0. The van der Waals surface area contributed by atoms with Gasteiger partial charge >= 0.3 is 0 Å². The summed E-state index contributed by atoms with van der Waals surface area (Å²) in [5.74, 6) is 0.575. The first kappa shape index (κ1) is 18.5. The second-order valence-corrected chi connectivity index (χ2v) is 5.74. The van der Waals surface area contributed by atoms with Crippen molar-refractivity contribution in [2.24, 2.45) is 4.99 Å². The van der Waals surface area contributed by atoms with Crippen LogP contribution in [0.25, 0.3) is 0 Å². The van der Waals surface area contributed by atoms with E-state index in [0.29, 0.717) is 19.0 Å². The molecule has 5 nitrogen and oxygen atoms in total. The molecule has 132 valence electrons. The number of aliphatic imine (C=N–C) groups is 1. The summed E-state index contributed by atoms with van der Waals surface area (Å²) in [4.78, 5) is 16.5. The average molecular weight is 338 g/mol. The number of rotatable bonds is 7. The standard InChI is InChI=1S/C20H26N4O/c1-3-21-20(23-14-18-12-8-7-9-16(18)2)24-15-19(25)22-13-17-10-5-4-6-11-17/h4-12H,3,13-15H2,1-2H3,(H,22,25)(H2,21,23,24). The van der Waals surface area contributed by atoms with Gasteiger partial charge in [0.15, 0.2) is 5.96 Å². The van der Waals surface area contributed by atoms with Gasteiger partial charge < -0.3 is 16.0 Å². The SMILES string of the molecule is CCNC(=NCc1ccccc1C)NCC(=O)NCc1ccccc1. The number of hydrogen-bond donors (Lipinski definition) is 3. The Morgan fingerprint density at radius 2 is 1.68 bits per heavy atom. The van der Waals surface area contributed by atoms with Crippen LogP contribution in [-0.4, -0.2) is 25.0 Å². The van der Waals surface area contributed by atoms with E-state index >= 15 is 0 Å². The highest BCUT2D eigenvalue weighted by Gasteiger charge is 2.04. The van der Waals surface area contributed by atoms with E-state index < -0.39 is 0 Å². The van der Waals surface area contributed by atoms with Crippen LogP contribution in [-0.2, 0) is 17.9 Å². The van der Waals surface area contributed by atoms with E-state index in [0.717, 1.165) is 12.1 Å². The third-order valence-corrected chi connectivity index (χ3v) is 3.76. The Morgan fingerprint density at radius 3 is 2.40 bits per heavy atom. The first-order valence-corrected chi connectivity index (χ1v) is 8.56. The van der Waals surface area contributed by atoms with E-state index in [1.54, 1.807) is 0 Å². The summed E-state index contributed by atoms with van der Waals surface area (Å²) in [6, 6.07) is 18.0. The highest BCUT2D eigenvalue weighted by Crippen LogP contribution is 2.07. The lowest BCUT2D eigenvalue weighted by Crippen LogP contribution is -2.43. The zero-order chi connectivity index (χ0) is 17.9. The largest absolute Gasteiger partial charge is 0.357 e. The van der Waals surface area contributed by atoms with Crippen LogP contribution in [0.5, 0.6) is 0 Å². The Labute approximate surface area is 149 Å². The van der Waals surface area contributed by atoms with E-state index in [9.17, 15) is 4.79 Å². The normalized spacial score (nSPS) is 11.0. The van der Waals surface area contributed by atoms with Crippen LogP contribution in [0.2, 0.25) is 0 Å². The number of nitrogens with zero attached hydrogens (tertiary/aromatic N) is 1. The van der Waals surface area contributed by atoms with Gasteiger partial charge in [-0.25, -0.2) is 4.99 Å². The zero-order valence-electron chi connectivity index (χ0n) is 14.9. The quantitative estimate of drug-likeness (QED) is 0.536. The Bertz CT molecular complexity index is 698. The molecule has 0 heterocycles. The number of guanidine groups is 1. The van der Waals surface area contributed by atoms with Crippen molar-refractivity contribution in [3.63, 3.8) is 0 Å². The number of nitrogens with one attached hydrogen (secondary N) is 3. The molecule has 2 rings (SSSR count). The highest BCUT2D eigenvalue weighted by molar-refractivity contribution is 5.86. The number of benzene rings is 2. The minimum atomic E-state index is -0.0645. The van der Waals surface area contributed by atoms with Gasteiger partial charge in [0.05, 0.1) is 13.1 Å². The summed E-state index contributed by atoms with van der Waals surface area (Å²) < 4.78 is 0. The van der Waals surface area contributed by atoms with Crippen molar-refractivity contribution < 1.29 is 4.79 Å². The highest BCUT2D eigenvalue weighted by atomic mass is 16.1. The minimum absolute atomic E-state index is 0.0645. The molecule has 0 aromatic heterocycles. The lowest BCUT2D eigenvalue weighted by Gasteiger charge is -2.12. The zero-order valence-corrected chi connectivity index (χ0v) is 14.9. The number of carbonyl (C=O) groups is 1. The summed E-state index contributed by atoms with van der Waals surface area (Å²) >= 11 is 0. The smallest absolute Gasteiger partial charge is 0.239 e. The molecule has 1 amide bonds. The molecule has 0 radical (unpaired) electrons. The van der Waals surface area contributed by atoms with Crippen LogP contribution in [0.1, 0.15) is 23.6 Å². The van der Waals surface area contributed by atoms with Crippen molar-refractivity contribution in [1.29, 1.82) is 0 Å². The van der Waals surface area contributed by atoms with E-state index in [-0.39, 0.29) is 12.5 Å². The summed E-state index contributed by atoms with van der Waals surface area (Å²) in [5.41, 5.74) is 3.46. The van der Waals surface area contributed by atoms with Crippen molar-refractivity contribution in [2.75, 3.05) is 13.1 Å². The Kier molecular flexibility index (Phi) is 7.50. The predicted octanol–water partition coefficient (Wildman–Crippen LogP) is 2.37. The molecule has 0 saturated heterocycles. The van der Waals surface area contributed by atoms with E-state index in [1.165, 1.54) is 11.1 Å². The molecule has 0 aliphatic heterocycles. The molecular formula is C20H26N4O. The van der Waals surface area contributed by atoms with Crippen LogP contribution in [0, 0.1) is 6.92 Å². The van der Waals surface area contributed by atoms with Gasteiger partial charge in [0.25, 0.3) is 0 Å². The van der Waals surface area contributed by atoms with Crippen LogP contribution in [0.4, 0.5) is 0 Å². The molecule has 0 unspecified atom stereocenters. The third-order valence-electron chi connectivity index (χ3n) is 3.76. The molecule has 5 heteroatoms. The Morgan fingerprint density at radius 1 is 0.960 bits per heavy atom. The molecular weight excluding hydrogens is 312 g/mol. The van der Waals surface area contributed by atoms with Gasteiger partial charge in [-0.1, -0.05) is 54.6 Å². The van der Waals surface area contributed by atoms with Gasteiger partial charge in [-0.2, -0.15) is 0 Å². The lowest BCUT2D eigenvalue weighted by molar-refractivity contribution is -0.120. The molecule has 25 heavy (non-hydrogen) atoms. The van der Waals surface area contributed by atoms with Gasteiger partial charge in [0.2, 0.25) is 5.91 Å². The molecule has 0 fully saturated rings. The predicted molar refractivity (Wildman–Crippen MR) is 102 cm³/mol. The molecule has 2 aromatic rings. The number of carbonyl (C=O) groups excluding carboxylic acids is 1. The van der Waals surface area contributed by atoms with Gasteiger partial charge in [-0.05, 0) is 30.5 Å². The first-order chi connectivity index (χ1) is 12.2. The fraction of sp³-hybridized carbons (Fsp3) is 0.300. The summed E-state index contributed by atoms with van der Waals surface area (Å²) in [5, 5.41) is 9.13. The molecule has 0 spiro atoms. The average Bonchev–Trinajstić information content (AvgIpc) is 2.64. The Balaban J connectivity index is 1.83. The van der Waals surface area contributed by atoms with E-state index in [1.807, 2.05) is 49.4 Å². The van der Waals surface area contributed by atoms with Gasteiger partial charge in [-0.3, -0.25) is 4.79 Å². The van der Waals surface area contributed by atoms with Crippen molar-refractivity contribution in [1.82, 2.24) is 16.0 Å². The van der Waals surface area contributed by atoms with Crippen molar-refractivity contribution in [3.8, 4) is 0 Å². The fourth-order valence-corrected chi connectivity index (χ4v) is 2.32. The molecule has 2 aromatic carbocycles. The van der Waals surface area contributed by atoms with Crippen LogP contribution in [0.15, 0.2) is 59.6 Å². The maximum Gasteiger partial charge on any atom is 0.239 e. The topological polar surface area (TPSA) is 65.5 Å². The monoisotopic (exact) mass is 338 g/mol. The van der Waals surface area contributed by atoms with E-state index in [4.69, 9.17) is 0 Å². The number of hydrogen-bond acceptors (Lipinski definition) is 2. The third kappa shape index (κ3) is 6.67.